The zero-order valence-corrected chi connectivity index (χ0v) is 15.8. The molecule has 1 amide bonds. The van der Waals surface area contributed by atoms with E-state index < -0.39 is 0 Å². The molecule has 0 atom stereocenters. The van der Waals surface area contributed by atoms with Crippen LogP contribution in [0.25, 0.3) is 17.1 Å². The molecule has 7 nitrogen and oxygen atoms in total. The van der Waals surface area contributed by atoms with E-state index in [1.807, 2.05) is 48.5 Å². The first-order valence-electron chi connectivity index (χ1n) is 9.59. The van der Waals surface area contributed by atoms with Gasteiger partial charge in [0.2, 0.25) is 11.7 Å². The third-order valence-electron chi connectivity index (χ3n) is 5.12. The molecule has 1 aliphatic rings. The summed E-state index contributed by atoms with van der Waals surface area (Å²) in [7, 11) is 1.62. The standard InChI is InChI=1S/C21H23N5O2/c1-28-17-13-11-16(12-14-17)26-24-20(23-25-26)18-9-5-6-10-19(18)22-21(27)15-7-3-2-4-8-15/h5-6,9-15H,2-4,7-8H2,1H3,(H,22,27). The summed E-state index contributed by atoms with van der Waals surface area (Å²) in [5, 5.41) is 15.9. The number of nitrogens with one attached hydrogen (secondary N) is 1. The van der Waals surface area contributed by atoms with Gasteiger partial charge in [-0.1, -0.05) is 31.4 Å². The maximum Gasteiger partial charge on any atom is 0.227 e. The number of carbonyl (C=O) groups is 1. The Kier molecular flexibility index (Phi) is 5.32. The fourth-order valence-electron chi connectivity index (χ4n) is 3.53. The number of hydrogen-bond acceptors (Lipinski definition) is 5. The first-order valence-corrected chi connectivity index (χ1v) is 9.59. The van der Waals surface area contributed by atoms with Crippen LogP contribution >= 0.6 is 0 Å². The van der Waals surface area contributed by atoms with Gasteiger partial charge in [0.1, 0.15) is 5.75 Å². The van der Waals surface area contributed by atoms with Crippen LogP contribution in [-0.2, 0) is 4.79 Å². The van der Waals surface area contributed by atoms with Gasteiger partial charge in [-0.15, -0.1) is 15.0 Å². The van der Waals surface area contributed by atoms with Crippen LogP contribution in [0, 0.1) is 5.92 Å². The number of rotatable bonds is 5. The van der Waals surface area contributed by atoms with Crippen molar-refractivity contribution in [2.45, 2.75) is 32.1 Å². The second-order valence-electron chi connectivity index (χ2n) is 6.97. The predicted octanol–water partition coefficient (Wildman–Crippen LogP) is 3.86. The van der Waals surface area contributed by atoms with E-state index in [2.05, 4.69) is 20.7 Å². The van der Waals surface area contributed by atoms with E-state index in [0.717, 1.165) is 42.7 Å². The number of para-hydroxylation sites is 1. The summed E-state index contributed by atoms with van der Waals surface area (Å²) in [6, 6.07) is 15.0. The average Bonchev–Trinajstić information content (AvgIpc) is 3.25. The largest absolute Gasteiger partial charge is 0.497 e. The number of tetrazole rings is 1. The molecule has 3 aromatic rings. The molecule has 28 heavy (non-hydrogen) atoms. The van der Waals surface area contributed by atoms with Crippen molar-refractivity contribution in [3.8, 4) is 22.8 Å². The molecule has 144 valence electrons. The number of ether oxygens (including phenoxy) is 1. The van der Waals surface area contributed by atoms with Crippen molar-refractivity contribution in [2.75, 3.05) is 12.4 Å². The van der Waals surface area contributed by atoms with E-state index in [4.69, 9.17) is 4.74 Å². The summed E-state index contributed by atoms with van der Waals surface area (Å²) in [6.45, 7) is 0. The number of anilines is 1. The van der Waals surface area contributed by atoms with Crippen molar-refractivity contribution in [1.82, 2.24) is 20.2 Å². The number of nitrogens with zero attached hydrogens (tertiary/aromatic N) is 4. The zero-order valence-electron chi connectivity index (χ0n) is 15.8. The highest BCUT2D eigenvalue weighted by atomic mass is 16.5. The van der Waals surface area contributed by atoms with Crippen molar-refractivity contribution in [2.24, 2.45) is 5.92 Å². The molecular weight excluding hydrogens is 354 g/mol. The van der Waals surface area contributed by atoms with Crippen LogP contribution in [0.5, 0.6) is 5.75 Å². The number of carbonyl (C=O) groups excluding carboxylic acids is 1. The van der Waals surface area contributed by atoms with E-state index in [1.54, 1.807) is 7.11 Å². The van der Waals surface area contributed by atoms with E-state index in [9.17, 15) is 4.79 Å². The van der Waals surface area contributed by atoms with E-state index in [1.165, 1.54) is 11.2 Å². The van der Waals surface area contributed by atoms with Gasteiger partial charge in [-0.3, -0.25) is 4.79 Å². The Labute approximate surface area is 163 Å². The van der Waals surface area contributed by atoms with Gasteiger partial charge < -0.3 is 10.1 Å². The quantitative estimate of drug-likeness (QED) is 0.730. The van der Waals surface area contributed by atoms with Gasteiger partial charge in [0.15, 0.2) is 0 Å². The molecule has 0 unspecified atom stereocenters. The van der Waals surface area contributed by atoms with Gasteiger partial charge in [-0.05, 0) is 54.5 Å². The minimum absolute atomic E-state index is 0.0784. The highest BCUT2D eigenvalue weighted by Gasteiger charge is 2.22. The lowest BCUT2D eigenvalue weighted by atomic mass is 9.88. The summed E-state index contributed by atoms with van der Waals surface area (Å²) < 4.78 is 5.18. The number of methoxy groups -OCH3 is 1. The van der Waals surface area contributed by atoms with Gasteiger partial charge in [-0.25, -0.2) is 0 Å². The number of benzene rings is 2. The molecule has 2 aromatic carbocycles. The van der Waals surface area contributed by atoms with Gasteiger partial charge in [0.25, 0.3) is 0 Å². The molecule has 4 rings (SSSR count). The van der Waals surface area contributed by atoms with Crippen LogP contribution in [0.2, 0.25) is 0 Å². The molecule has 1 fully saturated rings. The van der Waals surface area contributed by atoms with Crippen LogP contribution in [0.4, 0.5) is 5.69 Å². The van der Waals surface area contributed by atoms with Gasteiger partial charge in [0.05, 0.1) is 18.5 Å². The molecule has 1 heterocycles. The molecule has 0 saturated heterocycles. The summed E-state index contributed by atoms with van der Waals surface area (Å²) in [5.74, 6) is 1.40. The molecule has 0 bridgehead atoms. The SMILES string of the molecule is COc1ccc(-n2nnc(-c3ccccc3NC(=O)C3CCCCC3)n2)cc1. The Morgan fingerprint density at radius 2 is 1.82 bits per heavy atom. The lowest BCUT2D eigenvalue weighted by molar-refractivity contribution is -0.120. The van der Waals surface area contributed by atoms with Crippen LogP contribution < -0.4 is 10.1 Å². The van der Waals surface area contributed by atoms with Gasteiger partial charge >= 0.3 is 0 Å². The molecule has 0 spiro atoms. The molecule has 1 N–H and O–H groups in total. The second-order valence-corrected chi connectivity index (χ2v) is 6.97. The summed E-state index contributed by atoms with van der Waals surface area (Å²) in [6.07, 6.45) is 5.38. The molecular formula is C21H23N5O2. The van der Waals surface area contributed by atoms with Crippen molar-refractivity contribution in [3.63, 3.8) is 0 Å². The third kappa shape index (κ3) is 3.88. The van der Waals surface area contributed by atoms with Crippen molar-refractivity contribution < 1.29 is 9.53 Å². The Balaban J connectivity index is 1.56. The maximum absolute atomic E-state index is 12.7. The molecule has 1 saturated carbocycles. The second kappa shape index (κ2) is 8.21. The lowest BCUT2D eigenvalue weighted by Crippen LogP contribution is -2.25. The highest BCUT2D eigenvalue weighted by Crippen LogP contribution is 2.28. The first kappa shape index (κ1) is 18.2. The Morgan fingerprint density at radius 3 is 2.57 bits per heavy atom. The Morgan fingerprint density at radius 1 is 1.07 bits per heavy atom. The van der Waals surface area contributed by atoms with Gasteiger partial charge in [0, 0.05) is 11.5 Å². The Hall–Kier alpha value is -3.22. The summed E-state index contributed by atoms with van der Waals surface area (Å²) in [4.78, 5) is 14.1. The molecule has 0 radical (unpaired) electrons. The van der Waals surface area contributed by atoms with Crippen LogP contribution in [0.3, 0.4) is 0 Å². The fourth-order valence-corrected chi connectivity index (χ4v) is 3.53. The molecule has 1 aliphatic carbocycles. The normalized spacial score (nSPS) is 14.6. The van der Waals surface area contributed by atoms with Crippen LogP contribution in [-0.4, -0.2) is 33.2 Å². The fraction of sp³-hybridized carbons (Fsp3) is 0.333. The molecule has 7 heteroatoms. The lowest BCUT2D eigenvalue weighted by Gasteiger charge is -2.21. The van der Waals surface area contributed by atoms with Crippen molar-refractivity contribution in [3.05, 3.63) is 48.5 Å². The number of amides is 1. The van der Waals surface area contributed by atoms with Crippen molar-refractivity contribution in [1.29, 1.82) is 0 Å². The summed E-state index contributed by atoms with van der Waals surface area (Å²) >= 11 is 0. The number of aromatic nitrogens is 4. The third-order valence-corrected chi connectivity index (χ3v) is 5.12. The van der Waals surface area contributed by atoms with E-state index in [-0.39, 0.29) is 11.8 Å². The monoisotopic (exact) mass is 377 g/mol. The molecule has 0 aliphatic heterocycles. The van der Waals surface area contributed by atoms with Crippen LogP contribution in [0.1, 0.15) is 32.1 Å². The van der Waals surface area contributed by atoms with Crippen LogP contribution in [0.15, 0.2) is 48.5 Å². The van der Waals surface area contributed by atoms with Crippen molar-refractivity contribution >= 4 is 11.6 Å². The maximum atomic E-state index is 12.7. The smallest absolute Gasteiger partial charge is 0.227 e. The minimum Gasteiger partial charge on any atom is -0.497 e. The number of hydrogen-bond donors (Lipinski definition) is 1. The topological polar surface area (TPSA) is 81.9 Å². The van der Waals surface area contributed by atoms with E-state index >= 15 is 0 Å². The first-order chi connectivity index (χ1) is 13.7. The minimum atomic E-state index is 0.0784. The zero-order chi connectivity index (χ0) is 19.3. The van der Waals surface area contributed by atoms with E-state index in [0.29, 0.717) is 11.5 Å². The summed E-state index contributed by atoms with van der Waals surface area (Å²) in [5.41, 5.74) is 2.25. The highest BCUT2D eigenvalue weighted by molar-refractivity contribution is 5.96. The van der Waals surface area contributed by atoms with Gasteiger partial charge in [-0.2, -0.15) is 0 Å². The molecule has 1 aromatic heterocycles. The predicted molar refractivity (Wildman–Crippen MR) is 106 cm³/mol. The Bertz CT molecular complexity index is 945. The average molecular weight is 377 g/mol.